The van der Waals surface area contributed by atoms with Crippen LogP contribution in [0.25, 0.3) is 0 Å². The molecule has 1 aromatic rings. The van der Waals surface area contributed by atoms with Crippen molar-refractivity contribution >= 4 is 46.8 Å². The van der Waals surface area contributed by atoms with Crippen molar-refractivity contribution in [3.63, 3.8) is 0 Å². The molecule has 9 heteroatoms. The number of piperazine rings is 1. The van der Waals surface area contributed by atoms with Crippen LogP contribution in [0.5, 0.6) is 0 Å². The third-order valence-electron chi connectivity index (χ3n) is 4.84. The van der Waals surface area contributed by atoms with E-state index in [1.807, 2.05) is 5.32 Å². The summed E-state index contributed by atoms with van der Waals surface area (Å²) >= 11 is 7.72. The fraction of sp³-hybridized carbons (Fsp3) is 0.438. The van der Waals surface area contributed by atoms with E-state index in [1.165, 1.54) is 0 Å². The van der Waals surface area contributed by atoms with Crippen molar-refractivity contribution in [2.45, 2.75) is 12.1 Å². The number of thioether (sulfide) groups is 1. The number of carbonyl (C=O) groups is 3. The Morgan fingerprint density at radius 1 is 1.32 bits per heavy atom. The number of halogens is 1. The van der Waals surface area contributed by atoms with Gasteiger partial charge in [-0.05, 0) is 18.2 Å². The highest BCUT2D eigenvalue weighted by Crippen LogP contribution is 2.28. The summed E-state index contributed by atoms with van der Waals surface area (Å²) in [5.74, 6) is 1.24. The molecule has 2 saturated heterocycles. The van der Waals surface area contributed by atoms with E-state index in [4.69, 9.17) is 11.6 Å². The smallest absolute Gasteiger partial charge is 0.281 e. The number of anilines is 1. The predicted molar refractivity (Wildman–Crippen MR) is 94.5 cm³/mol. The molecule has 1 aromatic carbocycles. The van der Waals surface area contributed by atoms with Gasteiger partial charge in [-0.3, -0.25) is 14.4 Å². The Morgan fingerprint density at radius 3 is 2.92 bits per heavy atom. The van der Waals surface area contributed by atoms with E-state index in [1.54, 1.807) is 39.8 Å². The molecule has 3 amide bonds. The highest BCUT2D eigenvalue weighted by Gasteiger charge is 2.42. The van der Waals surface area contributed by atoms with Crippen molar-refractivity contribution < 1.29 is 19.7 Å². The number of nitrogens with one attached hydrogen (secondary N) is 1. The first-order valence-corrected chi connectivity index (χ1v) is 9.69. The molecular weight excluding hydrogens is 364 g/mol. The lowest BCUT2D eigenvalue weighted by molar-refractivity contribution is -0.649. The number of benzene rings is 1. The molecule has 0 aromatic heterocycles. The summed E-state index contributed by atoms with van der Waals surface area (Å²) in [4.78, 5) is 41.4. The molecule has 3 heterocycles. The first-order valence-electron chi connectivity index (χ1n) is 8.16. The Morgan fingerprint density at radius 2 is 2.16 bits per heavy atom. The Balaban J connectivity index is 1.58. The van der Waals surface area contributed by atoms with Gasteiger partial charge in [0.05, 0.1) is 23.5 Å². The molecule has 3 aliphatic heterocycles. The van der Waals surface area contributed by atoms with E-state index in [-0.39, 0.29) is 30.3 Å². The van der Waals surface area contributed by atoms with Crippen LogP contribution in [0, 0.1) is 0 Å². The van der Waals surface area contributed by atoms with Gasteiger partial charge in [0.15, 0.2) is 6.04 Å². The van der Waals surface area contributed by atoms with E-state index in [0.717, 1.165) is 11.6 Å². The topological polar surface area (TPSA) is 86.3 Å². The maximum absolute atomic E-state index is 12.8. The van der Waals surface area contributed by atoms with Crippen LogP contribution < -0.4 is 10.6 Å². The number of quaternary nitrogens is 1. The maximum Gasteiger partial charge on any atom is 0.281 e. The van der Waals surface area contributed by atoms with Crippen LogP contribution in [0.3, 0.4) is 0 Å². The third-order valence-corrected chi connectivity index (χ3v) is 6.10. The molecule has 0 spiro atoms. The lowest BCUT2D eigenvalue weighted by atomic mass is 10.1. The van der Waals surface area contributed by atoms with Gasteiger partial charge in [-0.1, -0.05) is 23.4 Å². The molecular formula is C16H18ClN4O3S+. The maximum atomic E-state index is 12.8. The zero-order valence-corrected chi connectivity index (χ0v) is 15.0. The molecule has 0 aliphatic carbocycles. The first kappa shape index (κ1) is 16.7. The molecule has 0 radical (unpaired) electrons. The molecule has 132 valence electrons. The zero-order valence-electron chi connectivity index (χ0n) is 13.4. The molecule has 0 saturated carbocycles. The van der Waals surface area contributed by atoms with Gasteiger partial charge in [0.25, 0.3) is 11.8 Å². The van der Waals surface area contributed by atoms with E-state index in [0.29, 0.717) is 29.4 Å². The number of hydrogen-bond acceptors (Lipinski definition) is 4. The van der Waals surface area contributed by atoms with Gasteiger partial charge in [-0.25, -0.2) is 0 Å². The average Bonchev–Trinajstić information content (AvgIpc) is 3.11. The normalized spacial score (nSPS) is 26.0. The van der Waals surface area contributed by atoms with Crippen molar-refractivity contribution in [2.24, 2.45) is 0 Å². The summed E-state index contributed by atoms with van der Waals surface area (Å²) in [5, 5.41) is 5.27. The minimum absolute atomic E-state index is 0.0507. The van der Waals surface area contributed by atoms with Crippen LogP contribution in [0.15, 0.2) is 18.2 Å². The van der Waals surface area contributed by atoms with E-state index in [9.17, 15) is 14.4 Å². The number of hydrogen-bond donors (Lipinski definition) is 2. The van der Waals surface area contributed by atoms with Crippen molar-refractivity contribution in [1.82, 2.24) is 9.80 Å². The number of carbonyl (C=O) groups excluding carboxylic acids is 3. The van der Waals surface area contributed by atoms with E-state index in [2.05, 4.69) is 5.32 Å². The van der Waals surface area contributed by atoms with E-state index < -0.39 is 6.04 Å². The lowest BCUT2D eigenvalue weighted by Crippen LogP contribution is -2.90. The van der Waals surface area contributed by atoms with Gasteiger partial charge >= 0.3 is 0 Å². The Labute approximate surface area is 154 Å². The second-order valence-electron chi connectivity index (χ2n) is 6.36. The van der Waals surface area contributed by atoms with Crippen LogP contribution in [0.4, 0.5) is 5.69 Å². The molecule has 0 bridgehead atoms. The predicted octanol–water partition coefficient (Wildman–Crippen LogP) is -0.419. The average molecular weight is 382 g/mol. The molecule has 25 heavy (non-hydrogen) atoms. The quantitative estimate of drug-likeness (QED) is 0.692. The fourth-order valence-corrected chi connectivity index (χ4v) is 4.69. The van der Waals surface area contributed by atoms with Crippen molar-refractivity contribution in [3.05, 3.63) is 28.8 Å². The van der Waals surface area contributed by atoms with E-state index >= 15 is 0 Å². The lowest BCUT2D eigenvalue weighted by Gasteiger charge is -2.39. The van der Waals surface area contributed by atoms with Crippen LogP contribution in [-0.2, 0) is 9.59 Å². The van der Waals surface area contributed by atoms with Gasteiger partial charge < -0.3 is 20.4 Å². The number of nitrogens with zero attached hydrogens (tertiary/aromatic N) is 2. The second kappa shape index (κ2) is 6.51. The van der Waals surface area contributed by atoms with Crippen LogP contribution in [-0.4, -0.2) is 70.9 Å². The van der Waals surface area contributed by atoms with Crippen LogP contribution >= 0.6 is 23.4 Å². The molecule has 0 unspecified atom stereocenters. The summed E-state index contributed by atoms with van der Waals surface area (Å²) in [6, 6.07) is 4.09. The van der Waals surface area contributed by atoms with Gasteiger partial charge in [-0.2, -0.15) is 0 Å². The fourth-order valence-electron chi connectivity index (χ4n) is 3.48. The first-order chi connectivity index (χ1) is 12.0. The van der Waals surface area contributed by atoms with Crippen molar-refractivity contribution in [1.29, 1.82) is 0 Å². The van der Waals surface area contributed by atoms with Crippen molar-refractivity contribution in [2.75, 3.05) is 36.6 Å². The zero-order chi connectivity index (χ0) is 17.6. The summed E-state index contributed by atoms with van der Waals surface area (Å²) in [6.07, 6.45) is 0. The molecule has 3 aliphatic rings. The minimum atomic E-state index is -0.676. The second-order valence-corrected chi connectivity index (χ2v) is 7.87. The summed E-state index contributed by atoms with van der Waals surface area (Å²) in [5.41, 5.74) is 0.857. The monoisotopic (exact) mass is 381 g/mol. The number of fused-ring (bicyclic) bond motifs is 2. The Hall–Kier alpha value is -1.77. The van der Waals surface area contributed by atoms with Gasteiger partial charge in [0.2, 0.25) is 5.91 Å². The molecule has 3 N–H and O–H groups in total. The molecule has 2 atom stereocenters. The number of rotatable bonds is 1. The summed E-state index contributed by atoms with van der Waals surface area (Å²) < 4.78 is 0. The Kier molecular flexibility index (Phi) is 4.35. The summed E-state index contributed by atoms with van der Waals surface area (Å²) in [6.45, 7) is 1.03. The standard InChI is InChI=1S/C16H17ClN4O3S/c17-9-1-2-10-11(5-9)19-14(22)13-6-20(3-4-21(13)15(10)23)16(24)12-7-25-8-18-12/h1-2,5,12-13,18H,3-4,6-8H2,(H,19,22)/p+1/t12-,13+/m0/s1. The largest absolute Gasteiger partial charge is 0.333 e. The summed E-state index contributed by atoms with van der Waals surface area (Å²) in [7, 11) is 0. The highest BCUT2D eigenvalue weighted by atomic mass is 35.5. The number of nitrogens with two attached hydrogens (primary N) is 1. The third kappa shape index (κ3) is 2.98. The van der Waals surface area contributed by atoms with Crippen LogP contribution in [0.1, 0.15) is 10.4 Å². The number of amides is 3. The molecule has 7 nitrogen and oxygen atoms in total. The van der Waals surface area contributed by atoms with Gasteiger partial charge in [0.1, 0.15) is 11.9 Å². The molecule has 4 rings (SSSR count). The minimum Gasteiger partial charge on any atom is -0.333 e. The Bertz CT molecular complexity index is 753. The highest BCUT2D eigenvalue weighted by molar-refractivity contribution is 7.99. The van der Waals surface area contributed by atoms with Crippen LogP contribution in [0.2, 0.25) is 5.02 Å². The van der Waals surface area contributed by atoms with Gasteiger partial charge in [-0.15, -0.1) is 0 Å². The SMILES string of the molecule is O=C1Nc2cc(Cl)ccc2C(=O)N2CCN(C(=O)[C@@H]3CSC[NH2+]3)C[C@H]12. The molecule has 2 fully saturated rings. The van der Waals surface area contributed by atoms with Gasteiger partial charge in [0, 0.05) is 18.1 Å². The van der Waals surface area contributed by atoms with Crippen molar-refractivity contribution in [3.8, 4) is 0 Å².